The molecule has 1 heterocycles. The maximum atomic E-state index is 11.4. The predicted molar refractivity (Wildman–Crippen MR) is 114 cm³/mol. The number of halogens is 6. The van der Waals surface area contributed by atoms with Crippen LogP contribution in [0.1, 0.15) is 26.7 Å². The smallest absolute Gasteiger partial charge is 0.456 e. The van der Waals surface area contributed by atoms with Crippen LogP contribution in [0.4, 0.5) is 26.3 Å². The Morgan fingerprint density at radius 1 is 0.778 bits per heavy atom. The van der Waals surface area contributed by atoms with Gasteiger partial charge in [-0.15, -0.1) is 0 Å². The highest BCUT2D eigenvalue weighted by Crippen LogP contribution is 2.36. The third kappa shape index (κ3) is 10.8. The number of hydrogen-bond acceptors (Lipinski definition) is 8. The van der Waals surface area contributed by atoms with Crippen LogP contribution in [0.2, 0.25) is 0 Å². The van der Waals surface area contributed by atoms with Crippen LogP contribution in [0.3, 0.4) is 0 Å². The van der Waals surface area contributed by atoms with E-state index >= 15 is 0 Å². The van der Waals surface area contributed by atoms with Crippen molar-refractivity contribution >= 4 is 32.0 Å². The molecule has 1 fully saturated rings. The van der Waals surface area contributed by atoms with E-state index in [1.807, 2.05) is 0 Å². The van der Waals surface area contributed by atoms with Crippen LogP contribution in [0, 0.1) is 0 Å². The van der Waals surface area contributed by atoms with Gasteiger partial charge in [-0.25, -0.2) is 26.4 Å². The lowest BCUT2D eigenvalue weighted by atomic mass is 10.3. The molecule has 36 heavy (non-hydrogen) atoms. The number of esters is 2. The zero-order valence-electron chi connectivity index (χ0n) is 19.3. The quantitative estimate of drug-likeness (QED) is 0.168. The Bertz CT molecular complexity index is 955. The van der Waals surface area contributed by atoms with Crippen molar-refractivity contribution < 1.29 is 66.7 Å². The van der Waals surface area contributed by atoms with Gasteiger partial charge in [0.1, 0.15) is 26.3 Å². The van der Waals surface area contributed by atoms with Gasteiger partial charge in [0.05, 0.1) is 13.1 Å². The molecule has 0 spiro atoms. The first-order chi connectivity index (χ1) is 16.1. The Labute approximate surface area is 204 Å². The molecular formula is C18H26F6N2O8S2. The Balaban J connectivity index is 0.000000723. The average molecular weight is 577 g/mol. The molecule has 0 radical (unpaired) electrons. The molecule has 1 aliphatic rings. The Morgan fingerprint density at radius 2 is 1.08 bits per heavy atom. The third-order valence-corrected chi connectivity index (χ3v) is 7.33. The van der Waals surface area contributed by atoms with Crippen LogP contribution in [0.5, 0.6) is 0 Å². The fourth-order valence-electron chi connectivity index (χ4n) is 2.69. The maximum Gasteiger partial charge on any atom is 0.480 e. The number of nitrogens with zero attached hydrogens (tertiary/aromatic N) is 2. The first-order valence-corrected chi connectivity index (χ1v) is 12.8. The van der Waals surface area contributed by atoms with Crippen molar-refractivity contribution in [2.45, 2.75) is 37.7 Å². The van der Waals surface area contributed by atoms with E-state index < -0.39 is 31.1 Å². The van der Waals surface area contributed by atoms with E-state index in [2.05, 4.69) is 13.2 Å². The summed E-state index contributed by atoms with van der Waals surface area (Å²) < 4.78 is 120. The first kappa shape index (κ1) is 33.8. The number of rotatable bonds is 10. The molecule has 10 nitrogen and oxygen atoms in total. The van der Waals surface area contributed by atoms with E-state index in [1.54, 1.807) is 13.8 Å². The molecule has 0 aromatic rings. The molecular weight excluding hydrogens is 550 g/mol. The molecule has 1 saturated heterocycles. The summed E-state index contributed by atoms with van der Waals surface area (Å²) in [6.45, 7) is 14.7. The van der Waals surface area contributed by atoms with E-state index in [-0.39, 0.29) is 11.9 Å². The van der Waals surface area contributed by atoms with Gasteiger partial charge in [-0.05, 0) is 13.8 Å². The summed E-state index contributed by atoms with van der Waals surface area (Å²) in [5, 5.41) is 0. The highest BCUT2D eigenvalue weighted by atomic mass is 32.3. The Kier molecular flexibility index (Phi) is 12.1. The summed E-state index contributed by atoms with van der Waals surface area (Å²) in [5.74, 6) is -0.692. The molecule has 1 aliphatic heterocycles. The number of hydrogen-bond donors (Lipinski definition) is 0. The lowest BCUT2D eigenvalue weighted by Gasteiger charge is -2.33. The van der Waals surface area contributed by atoms with Crippen molar-refractivity contribution in [2.24, 2.45) is 0 Å². The van der Waals surface area contributed by atoms with Crippen molar-refractivity contribution in [3.05, 3.63) is 28.4 Å². The van der Waals surface area contributed by atoms with Crippen LogP contribution in [0.25, 0.3) is 4.13 Å². The topological polar surface area (TPSA) is 135 Å². The summed E-state index contributed by atoms with van der Waals surface area (Å²) in [4.78, 5) is 22.8. The molecule has 0 unspecified atom stereocenters. The van der Waals surface area contributed by atoms with Crippen molar-refractivity contribution in [1.29, 1.82) is 0 Å². The summed E-state index contributed by atoms with van der Waals surface area (Å²) in [6.07, 6.45) is 2.31. The molecule has 18 heteroatoms. The minimum absolute atomic E-state index is 0.346. The molecule has 210 valence electrons. The highest BCUT2D eigenvalue weighted by molar-refractivity contribution is 8.13. The lowest BCUT2D eigenvalue weighted by molar-refractivity contribution is -0.917. The lowest BCUT2D eigenvalue weighted by Crippen LogP contribution is -2.50. The predicted octanol–water partition coefficient (Wildman–Crippen LogP) is 2.89. The van der Waals surface area contributed by atoms with Crippen molar-refractivity contribution in [3.8, 4) is 0 Å². The first-order valence-electron chi connectivity index (χ1n) is 9.94. The molecule has 0 aromatic heterocycles. The monoisotopic (exact) mass is 576 g/mol. The van der Waals surface area contributed by atoms with Crippen molar-refractivity contribution in [2.75, 3.05) is 39.4 Å². The molecule has 1 rings (SSSR count). The molecule has 0 aliphatic carbocycles. The Hall–Kier alpha value is -2.18. The van der Waals surface area contributed by atoms with Crippen molar-refractivity contribution in [1.82, 2.24) is 0 Å². The maximum absolute atomic E-state index is 11.4. The fraction of sp³-hybridized carbons (Fsp3) is 0.667. The zero-order valence-corrected chi connectivity index (χ0v) is 20.9. The molecule has 0 aromatic carbocycles. The second-order valence-corrected chi connectivity index (χ2v) is 11.1. The van der Waals surface area contributed by atoms with Gasteiger partial charge in [0, 0.05) is 24.0 Å². The molecule has 0 N–H and O–H groups in total. The van der Waals surface area contributed by atoms with E-state index in [1.165, 1.54) is 0 Å². The molecule has 0 saturated carbocycles. The standard InChI is InChI=1S/C16H26NO4.C2F6NO4S2/c1-13(2)15(18)20-11-9-17(7-5-6-8-17)10-12-21-16(19)14(3)4;3-1(4,5)14(10,11)9-15(12,13)2(6,7)8/h1,3,5-12H2,2,4H3;/q+1;-1. The number of alkyl halides is 6. The number of quaternary nitrogens is 1. The second kappa shape index (κ2) is 12.9. The van der Waals surface area contributed by atoms with E-state index in [4.69, 9.17) is 9.47 Å². The van der Waals surface area contributed by atoms with Gasteiger partial charge in [-0.1, -0.05) is 13.2 Å². The van der Waals surface area contributed by atoms with Gasteiger partial charge in [-0.3, -0.25) is 0 Å². The normalized spacial score (nSPS) is 15.9. The number of carbonyl (C=O) groups excluding carboxylic acids is 2. The minimum Gasteiger partial charge on any atom is -0.456 e. The van der Waals surface area contributed by atoms with Gasteiger partial charge in [-0.2, -0.15) is 26.3 Å². The van der Waals surface area contributed by atoms with Crippen LogP contribution in [0.15, 0.2) is 24.3 Å². The molecule has 0 amide bonds. The molecule has 0 atom stereocenters. The average Bonchev–Trinajstić information content (AvgIpc) is 3.14. The zero-order chi connectivity index (χ0) is 28.6. The number of ether oxygens (including phenoxy) is 2. The fourth-order valence-corrected chi connectivity index (χ4v) is 4.40. The summed E-state index contributed by atoms with van der Waals surface area (Å²) in [5.41, 5.74) is -11.6. The highest BCUT2D eigenvalue weighted by Gasteiger charge is 2.47. The van der Waals surface area contributed by atoms with Gasteiger partial charge in [0.15, 0.2) is 20.0 Å². The third-order valence-electron chi connectivity index (χ3n) is 4.59. The Morgan fingerprint density at radius 3 is 1.33 bits per heavy atom. The van der Waals surface area contributed by atoms with Crippen LogP contribution < -0.4 is 0 Å². The summed E-state index contributed by atoms with van der Waals surface area (Å²) in [6, 6.07) is 0. The molecule has 0 bridgehead atoms. The van der Waals surface area contributed by atoms with Crippen molar-refractivity contribution in [3.63, 3.8) is 0 Å². The van der Waals surface area contributed by atoms with Gasteiger partial charge in [0.2, 0.25) is 0 Å². The van der Waals surface area contributed by atoms with E-state index in [0.717, 1.165) is 47.6 Å². The number of likely N-dealkylation sites (tertiary alicyclic amines) is 1. The van der Waals surface area contributed by atoms with Gasteiger partial charge < -0.3 is 18.1 Å². The van der Waals surface area contributed by atoms with Crippen LogP contribution in [-0.2, 0) is 39.1 Å². The summed E-state index contributed by atoms with van der Waals surface area (Å²) >= 11 is 0. The van der Waals surface area contributed by atoms with Crippen LogP contribution >= 0.6 is 0 Å². The minimum atomic E-state index is -6.72. The number of carbonyl (C=O) groups is 2. The van der Waals surface area contributed by atoms with Gasteiger partial charge in [0.25, 0.3) is 0 Å². The van der Waals surface area contributed by atoms with Crippen LogP contribution in [-0.4, -0.2) is 83.7 Å². The summed E-state index contributed by atoms with van der Waals surface area (Å²) in [7, 11) is -13.4. The SMILES string of the molecule is C=C(C)C(=O)OCC[N+]1(CCOC(=O)C(=C)C)CCCC1.O=S(=O)([N-]S(=O)(=O)C(F)(F)F)C(F)(F)F. The van der Waals surface area contributed by atoms with E-state index in [9.17, 15) is 52.8 Å². The van der Waals surface area contributed by atoms with E-state index in [0.29, 0.717) is 24.4 Å². The largest absolute Gasteiger partial charge is 0.480 e. The second-order valence-electron chi connectivity index (χ2n) is 7.69. The van der Waals surface area contributed by atoms with Gasteiger partial charge >= 0.3 is 23.0 Å². The number of sulfonamides is 2.